The molecule has 0 aliphatic carbocycles. The summed E-state index contributed by atoms with van der Waals surface area (Å²) in [6, 6.07) is 8.38. The lowest BCUT2D eigenvalue weighted by molar-refractivity contribution is -0.129. The van der Waals surface area contributed by atoms with Crippen LogP contribution in [-0.2, 0) is 10.3 Å². The van der Waals surface area contributed by atoms with Crippen LogP contribution in [-0.4, -0.2) is 37.0 Å². The van der Waals surface area contributed by atoms with Gasteiger partial charge >= 0.3 is 6.61 Å². The van der Waals surface area contributed by atoms with E-state index in [1.807, 2.05) is 6.92 Å². The summed E-state index contributed by atoms with van der Waals surface area (Å²) in [4.78, 5) is 18.9. The number of carbonyl (C=O) groups excluding carboxylic acids is 1. The Hall–Kier alpha value is -3.23. The molecular weight excluding hydrogens is 399 g/mol. The van der Waals surface area contributed by atoms with Crippen molar-refractivity contribution in [3.63, 3.8) is 0 Å². The number of guanidine groups is 1. The molecule has 0 unspecified atom stereocenters. The Labute approximate surface area is 172 Å². The fourth-order valence-corrected chi connectivity index (χ4v) is 3.34. The highest BCUT2D eigenvalue weighted by atomic mass is 19.3. The fourth-order valence-electron chi connectivity index (χ4n) is 3.34. The van der Waals surface area contributed by atoms with Crippen molar-refractivity contribution in [1.29, 1.82) is 0 Å². The van der Waals surface area contributed by atoms with E-state index in [0.717, 1.165) is 0 Å². The highest BCUT2D eigenvalue weighted by Crippen LogP contribution is 2.42. The monoisotopic (exact) mass is 421 g/mol. The summed E-state index contributed by atoms with van der Waals surface area (Å²) in [5, 5.41) is 0. The van der Waals surface area contributed by atoms with Gasteiger partial charge in [-0.3, -0.25) is 9.69 Å². The maximum Gasteiger partial charge on any atom is 0.387 e. The molecule has 3 rings (SSSR count). The number of hydrogen-bond acceptors (Lipinski definition) is 5. The Morgan fingerprint density at radius 1 is 1.17 bits per heavy atom. The summed E-state index contributed by atoms with van der Waals surface area (Å²) < 4.78 is 49.4. The van der Waals surface area contributed by atoms with Crippen LogP contribution in [0.15, 0.2) is 41.4 Å². The van der Waals surface area contributed by atoms with E-state index in [1.54, 1.807) is 6.92 Å². The number of rotatable bonds is 7. The average Bonchev–Trinajstić information content (AvgIpc) is 2.93. The molecule has 1 atom stereocenters. The van der Waals surface area contributed by atoms with Crippen LogP contribution in [0.4, 0.5) is 13.2 Å². The van der Waals surface area contributed by atoms with Gasteiger partial charge < -0.3 is 15.2 Å². The van der Waals surface area contributed by atoms with E-state index in [-0.39, 0.29) is 17.5 Å². The molecule has 30 heavy (non-hydrogen) atoms. The van der Waals surface area contributed by atoms with Crippen molar-refractivity contribution < 1.29 is 27.4 Å². The number of amides is 1. The number of aliphatic imine (C=N–C) groups is 1. The third-order valence-corrected chi connectivity index (χ3v) is 4.86. The number of nitrogens with zero attached hydrogens (tertiary/aromatic N) is 2. The third-order valence-electron chi connectivity index (χ3n) is 4.86. The highest BCUT2D eigenvalue weighted by Gasteiger charge is 2.50. The maximum atomic E-state index is 14.2. The van der Waals surface area contributed by atoms with Gasteiger partial charge in [0.25, 0.3) is 5.91 Å². The Balaban J connectivity index is 2.18. The maximum absolute atomic E-state index is 14.2. The van der Waals surface area contributed by atoms with Crippen LogP contribution in [0.3, 0.4) is 0 Å². The molecule has 0 fully saturated rings. The predicted octanol–water partition coefficient (Wildman–Crippen LogP) is 3.55. The van der Waals surface area contributed by atoms with Gasteiger partial charge in [-0.15, -0.1) is 0 Å². The van der Waals surface area contributed by atoms with Gasteiger partial charge in [-0.2, -0.15) is 8.78 Å². The normalized spacial score (nSPS) is 18.7. The Bertz CT molecular complexity index is 997. The van der Waals surface area contributed by atoms with Gasteiger partial charge in [-0.25, -0.2) is 9.38 Å². The number of halogens is 3. The molecule has 6 nitrogen and oxygen atoms in total. The standard InChI is InChI=1S/C21H22F3N3O3/c1-4-9-29-17-11-14(5-7-15(17)22)21(18(28)27(3)20(25)26-21)13-6-8-16(12(2)10-13)30-19(23)24/h5-8,10-11,19H,4,9H2,1-3H3,(H2,25,26)/t21-/m1/s1. The molecule has 2 aromatic carbocycles. The molecule has 9 heteroatoms. The van der Waals surface area contributed by atoms with E-state index >= 15 is 0 Å². The molecule has 1 aliphatic heterocycles. The number of alkyl halides is 2. The minimum absolute atomic E-state index is 0.0146. The molecule has 2 N–H and O–H groups in total. The molecule has 2 aromatic rings. The molecule has 1 heterocycles. The van der Waals surface area contributed by atoms with Crippen molar-refractivity contribution in [2.24, 2.45) is 10.7 Å². The second-order valence-electron chi connectivity index (χ2n) is 6.90. The van der Waals surface area contributed by atoms with Crippen LogP contribution in [0.2, 0.25) is 0 Å². The first-order chi connectivity index (χ1) is 14.2. The average molecular weight is 421 g/mol. The summed E-state index contributed by atoms with van der Waals surface area (Å²) in [5.41, 5.74) is 5.43. The quantitative estimate of drug-likeness (QED) is 0.742. The van der Waals surface area contributed by atoms with Gasteiger partial charge in [0.05, 0.1) is 6.61 Å². The van der Waals surface area contributed by atoms with Crippen molar-refractivity contribution in [1.82, 2.24) is 4.90 Å². The zero-order valence-corrected chi connectivity index (χ0v) is 16.8. The van der Waals surface area contributed by atoms with Gasteiger partial charge in [0.2, 0.25) is 0 Å². The molecular formula is C21H22F3N3O3. The Morgan fingerprint density at radius 2 is 1.83 bits per heavy atom. The van der Waals surface area contributed by atoms with Crippen molar-refractivity contribution >= 4 is 11.9 Å². The SMILES string of the molecule is CCCOc1cc([C@@]2(c3ccc(OC(F)F)c(C)c3)N=C(N)N(C)C2=O)ccc1F. The summed E-state index contributed by atoms with van der Waals surface area (Å²) in [7, 11) is 1.47. The first-order valence-corrected chi connectivity index (χ1v) is 9.33. The molecule has 160 valence electrons. The molecule has 0 spiro atoms. The van der Waals surface area contributed by atoms with E-state index in [2.05, 4.69) is 9.73 Å². The van der Waals surface area contributed by atoms with Gasteiger partial charge in [0.15, 0.2) is 23.1 Å². The first-order valence-electron chi connectivity index (χ1n) is 9.33. The first kappa shape index (κ1) is 21.5. The van der Waals surface area contributed by atoms with E-state index in [1.165, 1.54) is 48.3 Å². The van der Waals surface area contributed by atoms with Gasteiger partial charge in [0, 0.05) is 7.05 Å². The van der Waals surface area contributed by atoms with Crippen LogP contribution in [0.1, 0.15) is 30.0 Å². The van der Waals surface area contributed by atoms with Crippen LogP contribution in [0.5, 0.6) is 11.5 Å². The van der Waals surface area contributed by atoms with Crippen LogP contribution < -0.4 is 15.2 Å². The van der Waals surface area contributed by atoms with Crippen molar-refractivity contribution in [2.45, 2.75) is 32.4 Å². The van der Waals surface area contributed by atoms with E-state index in [0.29, 0.717) is 29.7 Å². The van der Waals surface area contributed by atoms with Crippen LogP contribution >= 0.6 is 0 Å². The molecule has 0 saturated carbocycles. The summed E-state index contributed by atoms with van der Waals surface area (Å²) >= 11 is 0. The molecule has 1 amide bonds. The number of likely N-dealkylation sites (N-methyl/N-ethyl adjacent to an activating group) is 1. The third kappa shape index (κ3) is 3.67. The molecule has 0 saturated heterocycles. The van der Waals surface area contributed by atoms with E-state index in [4.69, 9.17) is 10.5 Å². The number of nitrogens with two attached hydrogens (primary N) is 1. The van der Waals surface area contributed by atoms with E-state index < -0.39 is 23.9 Å². The van der Waals surface area contributed by atoms with Gasteiger partial charge in [0.1, 0.15) is 5.75 Å². The summed E-state index contributed by atoms with van der Waals surface area (Å²) in [5.74, 6) is -1.10. The van der Waals surface area contributed by atoms with Gasteiger partial charge in [-0.05, 0) is 54.3 Å². The smallest absolute Gasteiger partial charge is 0.387 e. The lowest BCUT2D eigenvalue weighted by Crippen LogP contribution is -2.41. The predicted molar refractivity (Wildman–Crippen MR) is 105 cm³/mol. The summed E-state index contributed by atoms with van der Waals surface area (Å²) in [6.07, 6.45) is 0.673. The number of aryl methyl sites for hydroxylation is 1. The lowest BCUT2D eigenvalue weighted by atomic mass is 9.82. The molecule has 0 bridgehead atoms. The fraction of sp³-hybridized carbons (Fsp3) is 0.333. The minimum Gasteiger partial charge on any atom is -0.491 e. The van der Waals surface area contributed by atoms with Crippen LogP contribution in [0.25, 0.3) is 0 Å². The largest absolute Gasteiger partial charge is 0.491 e. The zero-order chi connectivity index (χ0) is 22.1. The second kappa shape index (κ2) is 8.25. The highest BCUT2D eigenvalue weighted by molar-refractivity contribution is 6.09. The topological polar surface area (TPSA) is 77.2 Å². The lowest BCUT2D eigenvalue weighted by Gasteiger charge is -2.27. The minimum atomic E-state index is -2.98. The molecule has 0 aromatic heterocycles. The van der Waals surface area contributed by atoms with Gasteiger partial charge in [-0.1, -0.05) is 19.1 Å². The van der Waals surface area contributed by atoms with E-state index in [9.17, 15) is 18.0 Å². The van der Waals surface area contributed by atoms with Crippen LogP contribution in [0, 0.1) is 12.7 Å². The second-order valence-corrected chi connectivity index (χ2v) is 6.90. The van der Waals surface area contributed by atoms with Crippen molar-refractivity contribution in [3.8, 4) is 11.5 Å². The number of hydrogen-bond donors (Lipinski definition) is 1. The molecule has 0 radical (unpaired) electrons. The Kier molecular flexibility index (Phi) is 5.91. The summed E-state index contributed by atoms with van der Waals surface area (Å²) in [6.45, 7) is 0.777. The van der Waals surface area contributed by atoms with Crippen molar-refractivity contribution in [3.05, 3.63) is 58.9 Å². The number of carbonyl (C=O) groups is 1. The number of ether oxygens (including phenoxy) is 2. The molecule has 1 aliphatic rings. The Morgan fingerprint density at radius 3 is 2.40 bits per heavy atom. The van der Waals surface area contributed by atoms with Crippen molar-refractivity contribution in [2.75, 3.05) is 13.7 Å². The zero-order valence-electron chi connectivity index (χ0n) is 16.8. The number of benzene rings is 2.